The van der Waals surface area contributed by atoms with E-state index in [4.69, 9.17) is 35.8 Å². The first-order chi connectivity index (χ1) is 6.54. The molecule has 0 saturated heterocycles. The summed E-state index contributed by atoms with van der Waals surface area (Å²) in [7, 11) is -4.64. The van der Waals surface area contributed by atoms with Gasteiger partial charge >= 0.3 is 36.8 Å². The summed E-state index contributed by atoms with van der Waals surface area (Å²) < 4.78 is 8.88. The van der Waals surface area contributed by atoms with Gasteiger partial charge in [0, 0.05) is 6.42 Å². The summed E-state index contributed by atoms with van der Waals surface area (Å²) in [6.45, 7) is 0. The number of primary amides is 1. The van der Waals surface area contributed by atoms with Crippen molar-refractivity contribution in [2.45, 2.75) is 18.9 Å². The summed E-state index contributed by atoms with van der Waals surface area (Å²) in [4.78, 5) is 41.7. The van der Waals surface area contributed by atoms with Crippen LogP contribution in [0.2, 0.25) is 0 Å². The second kappa shape index (κ2) is 9.96. The van der Waals surface area contributed by atoms with E-state index in [1.807, 2.05) is 0 Å². The van der Waals surface area contributed by atoms with Crippen LogP contribution in [0, 0.1) is 0 Å². The summed E-state index contributed by atoms with van der Waals surface area (Å²) in [6, 6.07) is -0.979. The molecule has 0 radical (unpaired) electrons. The van der Waals surface area contributed by atoms with E-state index < -0.39 is 25.7 Å². The molecule has 0 aliphatic heterocycles. The van der Waals surface area contributed by atoms with Gasteiger partial charge < -0.3 is 34.1 Å². The fourth-order valence-electron chi connectivity index (χ4n) is 0.421. The maximum Gasteiger partial charge on any atom is 2.00 e. The molecule has 0 heterocycles. The smallest absolute Gasteiger partial charge is 1.00 e. The SMILES string of the molecule is NC(=O)CCC(N)C(=O)O.O=P(O)(O)O.[H-].[H-].[Mg+2]. The number of carbonyl (C=O) groups excluding carboxylic acids is 1. The Morgan fingerprint density at radius 1 is 1.31 bits per heavy atom. The molecule has 0 aromatic carbocycles. The summed E-state index contributed by atoms with van der Waals surface area (Å²) in [5, 5.41) is 8.22. The summed E-state index contributed by atoms with van der Waals surface area (Å²) in [6.07, 6.45) is 0.123. The van der Waals surface area contributed by atoms with E-state index in [1.165, 1.54) is 0 Å². The number of nitrogens with two attached hydrogens (primary N) is 2. The normalized spacial score (nSPS) is 11.5. The Balaban J connectivity index is -0.0000000621. The molecule has 0 fully saturated rings. The molecule has 1 atom stereocenters. The van der Waals surface area contributed by atoms with Crippen LogP contribution >= 0.6 is 7.82 Å². The number of hydrogen-bond donors (Lipinski definition) is 6. The molecule has 0 aliphatic rings. The first-order valence-corrected chi connectivity index (χ1v) is 5.15. The predicted octanol–water partition coefficient (Wildman–Crippen LogP) is -2.42. The van der Waals surface area contributed by atoms with Gasteiger partial charge in [-0.15, -0.1) is 0 Å². The van der Waals surface area contributed by atoms with Crippen molar-refractivity contribution < 1.29 is 36.8 Å². The van der Waals surface area contributed by atoms with Gasteiger partial charge in [-0.1, -0.05) is 0 Å². The Morgan fingerprint density at radius 2 is 1.62 bits per heavy atom. The predicted molar refractivity (Wildman–Crippen MR) is 56.3 cm³/mol. The van der Waals surface area contributed by atoms with E-state index >= 15 is 0 Å². The van der Waals surface area contributed by atoms with Gasteiger partial charge in [0.2, 0.25) is 5.91 Å². The number of carboxylic acid groups (broad SMARTS) is 1. The molecule has 8 N–H and O–H groups in total. The minimum atomic E-state index is -4.64. The zero-order valence-corrected chi connectivity index (χ0v) is 10.6. The van der Waals surface area contributed by atoms with Crippen molar-refractivity contribution in [3.8, 4) is 0 Å². The van der Waals surface area contributed by atoms with Crippen LogP contribution in [-0.4, -0.2) is 60.8 Å². The maximum absolute atomic E-state index is 10.1. The molecule has 16 heavy (non-hydrogen) atoms. The Bertz CT molecular complexity index is 268. The molecule has 0 bridgehead atoms. The first-order valence-electron chi connectivity index (χ1n) is 3.59. The molecular formula is C5H15MgN2O7P. The number of rotatable bonds is 4. The third kappa shape index (κ3) is 29.2. The van der Waals surface area contributed by atoms with Crippen LogP contribution in [0.4, 0.5) is 0 Å². The van der Waals surface area contributed by atoms with Crippen LogP contribution in [0.3, 0.4) is 0 Å². The average Bonchev–Trinajstić information content (AvgIpc) is 1.96. The van der Waals surface area contributed by atoms with Gasteiger partial charge in [-0.25, -0.2) is 4.57 Å². The molecule has 11 heteroatoms. The fraction of sp³-hybridized carbons (Fsp3) is 0.600. The van der Waals surface area contributed by atoms with E-state index in [2.05, 4.69) is 0 Å². The van der Waals surface area contributed by atoms with Crippen molar-refractivity contribution in [1.82, 2.24) is 0 Å². The molecule has 1 amide bonds. The van der Waals surface area contributed by atoms with E-state index in [9.17, 15) is 9.59 Å². The van der Waals surface area contributed by atoms with Crippen molar-refractivity contribution >= 4 is 42.8 Å². The molecule has 0 aromatic rings. The van der Waals surface area contributed by atoms with E-state index in [-0.39, 0.29) is 38.7 Å². The molecule has 0 spiro atoms. The van der Waals surface area contributed by atoms with Crippen LogP contribution < -0.4 is 11.5 Å². The fourth-order valence-corrected chi connectivity index (χ4v) is 0.421. The monoisotopic (exact) mass is 270 g/mol. The number of hydrogen-bond acceptors (Lipinski definition) is 4. The Morgan fingerprint density at radius 3 is 1.81 bits per heavy atom. The van der Waals surface area contributed by atoms with Gasteiger partial charge in [0.15, 0.2) is 0 Å². The van der Waals surface area contributed by atoms with Crippen molar-refractivity contribution in [1.29, 1.82) is 0 Å². The van der Waals surface area contributed by atoms with Crippen LogP contribution in [0.1, 0.15) is 15.7 Å². The quantitative estimate of drug-likeness (QED) is 0.240. The number of amides is 1. The molecule has 94 valence electrons. The van der Waals surface area contributed by atoms with Gasteiger partial charge in [0.25, 0.3) is 0 Å². The minimum Gasteiger partial charge on any atom is -1.00 e. The van der Waals surface area contributed by atoms with Crippen molar-refractivity contribution in [2.75, 3.05) is 0 Å². The molecule has 0 rings (SSSR count). The second-order valence-corrected chi connectivity index (χ2v) is 3.49. The van der Waals surface area contributed by atoms with Gasteiger partial charge in [-0.3, -0.25) is 9.59 Å². The molecule has 1 unspecified atom stereocenters. The van der Waals surface area contributed by atoms with Crippen molar-refractivity contribution in [3.05, 3.63) is 0 Å². The van der Waals surface area contributed by atoms with E-state index in [0.29, 0.717) is 0 Å². The minimum absolute atomic E-state index is 0. The molecule has 0 aromatic heterocycles. The average molecular weight is 270 g/mol. The Labute approximate surface area is 110 Å². The van der Waals surface area contributed by atoms with Gasteiger partial charge in [0.05, 0.1) is 0 Å². The van der Waals surface area contributed by atoms with Gasteiger partial charge in [0.1, 0.15) is 6.04 Å². The Hall–Kier alpha value is -0.224. The van der Waals surface area contributed by atoms with Crippen LogP contribution in [0.25, 0.3) is 0 Å². The first kappa shape index (κ1) is 21.1. The third-order valence-electron chi connectivity index (χ3n) is 1.02. The molecule has 0 saturated carbocycles. The zero-order chi connectivity index (χ0) is 12.6. The van der Waals surface area contributed by atoms with Crippen molar-refractivity contribution in [2.24, 2.45) is 11.5 Å². The zero-order valence-electron chi connectivity index (χ0n) is 10.3. The van der Waals surface area contributed by atoms with E-state index in [0.717, 1.165) is 0 Å². The van der Waals surface area contributed by atoms with Crippen LogP contribution in [0.5, 0.6) is 0 Å². The van der Waals surface area contributed by atoms with Crippen LogP contribution in [-0.2, 0) is 14.2 Å². The number of phosphoric acid groups is 1. The van der Waals surface area contributed by atoms with Crippen molar-refractivity contribution in [3.63, 3.8) is 0 Å². The second-order valence-electron chi connectivity index (χ2n) is 2.46. The van der Waals surface area contributed by atoms with Gasteiger partial charge in [-0.2, -0.15) is 0 Å². The Kier molecular flexibility index (Phi) is 13.1. The van der Waals surface area contributed by atoms with E-state index in [1.54, 1.807) is 0 Å². The number of carbonyl (C=O) groups is 2. The van der Waals surface area contributed by atoms with Crippen LogP contribution in [0.15, 0.2) is 0 Å². The number of carboxylic acids is 1. The maximum atomic E-state index is 10.1. The molecular weight excluding hydrogens is 255 g/mol. The third-order valence-corrected chi connectivity index (χ3v) is 1.02. The largest absolute Gasteiger partial charge is 2.00 e. The topological polar surface area (TPSA) is 184 Å². The molecule has 9 nitrogen and oxygen atoms in total. The van der Waals surface area contributed by atoms with Gasteiger partial charge in [-0.05, 0) is 6.42 Å². The molecule has 0 aliphatic carbocycles. The standard InChI is InChI=1S/C5H10N2O3.Mg.H3O4P.2H/c6-3(5(9)10)1-2-4(7)8;;1-5(2,3)4;;/h3H,1-2,6H2,(H2,7,8)(H,9,10);;(H3,1,2,3,4);;/q;+2;;2*-1. The summed E-state index contributed by atoms with van der Waals surface area (Å²) >= 11 is 0. The number of aliphatic carboxylic acids is 1. The summed E-state index contributed by atoms with van der Waals surface area (Å²) in [5.41, 5.74) is 9.81. The summed E-state index contributed by atoms with van der Waals surface area (Å²) in [5.74, 6) is -1.64.